The van der Waals surface area contributed by atoms with Gasteiger partial charge in [0.2, 0.25) is 5.75 Å². The summed E-state index contributed by atoms with van der Waals surface area (Å²) in [7, 11) is 4.49. The number of benzene rings is 1. The Morgan fingerprint density at radius 2 is 1.56 bits per heavy atom. The molecule has 27 heavy (non-hydrogen) atoms. The summed E-state index contributed by atoms with van der Waals surface area (Å²) in [5.41, 5.74) is 0.788. The second-order valence-electron chi connectivity index (χ2n) is 6.02. The monoisotopic (exact) mass is 371 g/mol. The molecular weight excluding hydrogens is 350 g/mol. The summed E-state index contributed by atoms with van der Waals surface area (Å²) >= 11 is 0. The van der Waals surface area contributed by atoms with Gasteiger partial charge in [0.1, 0.15) is 11.4 Å². The number of nitrogens with zero attached hydrogens (tertiary/aromatic N) is 1. The molecule has 2 amide bonds. The molecule has 8 nitrogen and oxygen atoms in total. The molecule has 1 saturated carbocycles. The number of amides is 2. The molecule has 2 N–H and O–H groups in total. The second-order valence-corrected chi connectivity index (χ2v) is 6.02. The Balaban J connectivity index is 1.79. The van der Waals surface area contributed by atoms with Crippen molar-refractivity contribution in [2.75, 3.05) is 26.6 Å². The summed E-state index contributed by atoms with van der Waals surface area (Å²) in [5.74, 6) is 0.524. The molecule has 3 rings (SSSR count). The molecule has 1 aliphatic carbocycles. The van der Waals surface area contributed by atoms with E-state index in [4.69, 9.17) is 14.2 Å². The Morgan fingerprint density at radius 3 is 2.07 bits per heavy atom. The van der Waals surface area contributed by atoms with E-state index in [0.29, 0.717) is 22.9 Å². The van der Waals surface area contributed by atoms with E-state index in [1.165, 1.54) is 21.3 Å². The van der Waals surface area contributed by atoms with Crippen LogP contribution in [0, 0.1) is 0 Å². The summed E-state index contributed by atoms with van der Waals surface area (Å²) in [6.07, 6.45) is 1.96. The number of nitrogens with one attached hydrogen (secondary N) is 2. The van der Waals surface area contributed by atoms with E-state index in [2.05, 4.69) is 15.6 Å². The maximum atomic E-state index is 12.6. The third-order valence-electron chi connectivity index (χ3n) is 4.05. The first kappa shape index (κ1) is 18.5. The Kier molecular flexibility index (Phi) is 5.44. The van der Waals surface area contributed by atoms with Gasteiger partial charge in [-0.25, -0.2) is 4.98 Å². The van der Waals surface area contributed by atoms with E-state index in [9.17, 15) is 9.59 Å². The summed E-state index contributed by atoms with van der Waals surface area (Å²) in [6.45, 7) is 0. The molecule has 0 unspecified atom stereocenters. The van der Waals surface area contributed by atoms with E-state index in [1.807, 2.05) is 0 Å². The fourth-order valence-electron chi connectivity index (χ4n) is 2.52. The van der Waals surface area contributed by atoms with Crippen molar-refractivity contribution in [1.82, 2.24) is 10.3 Å². The number of aromatic nitrogens is 1. The smallest absolute Gasteiger partial charge is 0.274 e. The highest BCUT2D eigenvalue weighted by Gasteiger charge is 2.24. The van der Waals surface area contributed by atoms with Gasteiger partial charge in [-0.1, -0.05) is 6.07 Å². The van der Waals surface area contributed by atoms with Crippen LogP contribution in [0.2, 0.25) is 0 Å². The zero-order chi connectivity index (χ0) is 19.4. The molecule has 1 aliphatic rings. The van der Waals surface area contributed by atoms with Crippen LogP contribution in [0.4, 0.5) is 5.69 Å². The normalized spacial score (nSPS) is 12.9. The summed E-state index contributed by atoms with van der Waals surface area (Å²) in [6, 6.07) is 8.19. The summed E-state index contributed by atoms with van der Waals surface area (Å²) < 4.78 is 15.8. The van der Waals surface area contributed by atoms with Crippen molar-refractivity contribution in [1.29, 1.82) is 0 Å². The molecule has 0 atom stereocenters. The number of carbonyl (C=O) groups is 2. The topological polar surface area (TPSA) is 98.8 Å². The maximum Gasteiger partial charge on any atom is 0.274 e. The number of hydrogen-bond donors (Lipinski definition) is 2. The Morgan fingerprint density at radius 1 is 0.963 bits per heavy atom. The van der Waals surface area contributed by atoms with Crippen LogP contribution in [-0.4, -0.2) is 44.2 Å². The molecule has 142 valence electrons. The van der Waals surface area contributed by atoms with Crippen LogP contribution < -0.4 is 24.8 Å². The lowest BCUT2D eigenvalue weighted by Gasteiger charge is -2.14. The first-order valence-electron chi connectivity index (χ1n) is 8.45. The number of hydrogen-bond acceptors (Lipinski definition) is 6. The summed E-state index contributed by atoms with van der Waals surface area (Å²) in [5, 5.41) is 5.58. The van der Waals surface area contributed by atoms with E-state index in [0.717, 1.165) is 12.8 Å². The number of anilines is 1. The standard InChI is InChI=1S/C19H21N3O5/c1-25-15-9-12(10-16(26-2)17(15)27-3)21-19(24)14-6-4-5-13(22-14)18(23)20-11-7-8-11/h4-6,9-11H,7-8H2,1-3H3,(H,20,23)(H,21,24). The lowest BCUT2D eigenvalue weighted by molar-refractivity contribution is 0.0946. The third kappa shape index (κ3) is 4.28. The molecule has 0 spiro atoms. The van der Waals surface area contributed by atoms with Crippen molar-refractivity contribution in [2.24, 2.45) is 0 Å². The predicted octanol–water partition coefficient (Wildman–Crippen LogP) is 2.25. The van der Waals surface area contributed by atoms with Crippen LogP contribution in [0.1, 0.15) is 33.8 Å². The Labute approximate surface area is 156 Å². The van der Waals surface area contributed by atoms with Gasteiger partial charge in [0.05, 0.1) is 21.3 Å². The highest BCUT2D eigenvalue weighted by atomic mass is 16.5. The van der Waals surface area contributed by atoms with E-state index in [-0.39, 0.29) is 23.3 Å². The Hall–Kier alpha value is -3.29. The minimum atomic E-state index is -0.453. The Bertz CT molecular complexity index is 839. The van der Waals surface area contributed by atoms with Gasteiger partial charge in [-0.05, 0) is 25.0 Å². The zero-order valence-electron chi connectivity index (χ0n) is 15.4. The van der Waals surface area contributed by atoms with Crippen molar-refractivity contribution in [3.05, 3.63) is 41.7 Å². The molecule has 1 heterocycles. The van der Waals surface area contributed by atoms with E-state index in [1.54, 1.807) is 30.3 Å². The van der Waals surface area contributed by atoms with Gasteiger partial charge in [-0.2, -0.15) is 0 Å². The molecule has 1 aromatic carbocycles. The van der Waals surface area contributed by atoms with Crippen LogP contribution in [0.3, 0.4) is 0 Å². The minimum Gasteiger partial charge on any atom is -0.493 e. The van der Waals surface area contributed by atoms with E-state index < -0.39 is 5.91 Å². The molecule has 0 bridgehead atoms. The fraction of sp³-hybridized carbons (Fsp3) is 0.316. The van der Waals surface area contributed by atoms with Gasteiger partial charge >= 0.3 is 0 Å². The molecule has 2 aromatic rings. The third-order valence-corrected chi connectivity index (χ3v) is 4.05. The molecule has 0 saturated heterocycles. The van der Waals surface area contributed by atoms with Gasteiger partial charge in [0.15, 0.2) is 11.5 Å². The molecule has 1 aromatic heterocycles. The number of rotatable bonds is 7. The van der Waals surface area contributed by atoms with Gasteiger partial charge in [-0.3, -0.25) is 9.59 Å². The van der Waals surface area contributed by atoms with Crippen LogP contribution >= 0.6 is 0 Å². The molecular formula is C19H21N3O5. The number of pyridine rings is 1. The van der Waals surface area contributed by atoms with Crippen LogP contribution in [0.15, 0.2) is 30.3 Å². The van der Waals surface area contributed by atoms with Gasteiger partial charge in [-0.15, -0.1) is 0 Å². The second kappa shape index (κ2) is 7.94. The van der Waals surface area contributed by atoms with Crippen LogP contribution in [-0.2, 0) is 0 Å². The first-order chi connectivity index (χ1) is 13.0. The average molecular weight is 371 g/mol. The lowest BCUT2D eigenvalue weighted by Crippen LogP contribution is -2.27. The quantitative estimate of drug-likeness (QED) is 0.775. The largest absolute Gasteiger partial charge is 0.493 e. The zero-order valence-corrected chi connectivity index (χ0v) is 15.4. The molecule has 1 fully saturated rings. The molecule has 8 heteroatoms. The van der Waals surface area contributed by atoms with Crippen molar-refractivity contribution in [3.63, 3.8) is 0 Å². The highest BCUT2D eigenvalue weighted by Crippen LogP contribution is 2.40. The highest BCUT2D eigenvalue weighted by molar-refractivity contribution is 6.04. The number of ether oxygens (including phenoxy) is 3. The van der Waals surface area contributed by atoms with Crippen molar-refractivity contribution in [3.8, 4) is 17.2 Å². The van der Waals surface area contributed by atoms with Crippen LogP contribution in [0.25, 0.3) is 0 Å². The SMILES string of the molecule is COc1cc(NC(=O)c2cccc(C(=O)NC3CC3)n2)cc(OC)c1OC. The molecule has 0 radical (unpaired) electrons. The maximum absolute atomic E-state index is 12.6. The van der Waals surface area contributed by atoms with Gasteiger partial charge < -0.3 is 24.8 Å². The lowest BCUT2D eigenvalue weighted by atomic mass is 10.2. The van der Waals surface area contributed by atoms with Crippen molar-refractivity contribution >= 4 is 17.5 Å². The van der Waals surface area contributed by atoms with Gasteiger partial charge in [0, 0.05) is 23.9 Å². The van der Waals surface area contributed by atoms with Crippen LogP contribution in [0.5, 0.6) is 17.2 Å². The summed E-state index contributed by atoms with van der Waals surface area (Å²) in [4.78, 5) is 28.8. The minimum absolute atomic E-state index is 0.132. The fourth-order valence-corrected chi connectivity index (χ4v) is 2.52. The van der Waals surface area contributed by atoms with Crippen molar-refractivity contribution in [2.45, 2.75) is 18.9 Å². The number of methoxy groups -OCH3 is 3. The number of carbonyl (C=O) groups excluding carboxylic acids is 2. The first-order valence-corrected chi connectivity index (χ1v) is 8.45. The van der Waals surface area contributed by atoms with E-state index >= 15 is 0 Å². The van der Waals surface area contributed by atoms with Gasteiger partial charge in [0.25, 0.3) is 11.8 Å². The van der Waals surface area contributed by atoms with Crippen molar-refractivity contribution < 1.29 is 23.8 Å². The predicted molar refractivity (Wildman–Crippen MR) is 98.8 cm³/mol. The average Bonchev–Trinajstić information content (AvgIpc) is 3.51. The molecule has 0 aliphatic heterocycles.